The molecule has 5 fully saturated rings. The molecule has 5 aliphatic carbocycles. The van der Waals surface area contributed by atoms with Gasteiger partial charge in [-0.3, -0.25) is 4.79 Å². The molecule has 9 rings (SSSR count). The molecule has 0 bridgehead atoms. The molecule has 0 aromatic heterocycles. The summed E-state index contributed by atoms with van der Waals surface area (Å²) < 4.78 is 23.7. The molecule has 69 heavy (non-hydrogen) atoms. The van der Waals surface area contributed by atoms with Crippen LogP contribution in [0.4, 0.5) is 0 Å². The van der Waals surface area contributed by atoms with E-state index in [9.17, 15) is 75.7 Å². The average Bonchev–Trinajstić information content (AvgIpc) is 3.32. The zero-order valence-corrected chi connectivity index (χ0v) is 39.2. The van der Waals surface area contributed by atoms with E-state index in [4.69, 9.17) is 18.9 Å². The molecule has 0 spiro atoms. The highest BCUT2D eigenvalue weighted by Crippen LogP contribution is 2.76. The van der Waals surface area contributed by atoms with Crippen molar-refractivity contribution < 1.29 is 94.6 Å². The molecule has 19 nitrogen and oxygen atoms in total. The Labute approximate surface area is 397 Å². The van der Waals surface area contributed by atoms with E-state index >= 15 is 0 Å². The van der Waals surface area contributed by atoms with Gasteiger partial charge in [0.05, 0.1) is 41.3 Å². The monoisotopic (exact) mass is 968 g/mol. The Morgan fingerprint density at radius 1 is 0.768 bits per heavy atom. The zero-order chi connectivity index (χ0) is 50.2. The van der Waals surface area contributed by atoms with Gasteiger partial charge in [0.15, 0.2) is 23.0 Å². The van der Waals surface area contributed by atoms with Gasteiger partial charge in [0.1, 0.15) is 37.1 Å². The van der Waals surface area contributed by atoms with Gasteiger partial charge < -0.3 is 80.2 Å². The molecular weight excluding hydrogens is 905 g/mol. The molecule has 1 saturated heterocycles. The summed E-state index contributed by atoms with van der Waals surface area (Å²) >= 11 is 0. The molecule has 17 atom stereocenters. The van der Waals surface area contributed by atoms with Gasteiger partial charge in [0, 0.05) is 11.1 Å². The van der Waals surface area contributed by atoms with Crippen molar-refractivity contribution in [3.8, 4) is 45.6 Å². The molecule has 19 heteroatoms. The van der Waals surface area contributed by atoms with Crippen molar-refractivity contribution in [2.45, 2.75) is 129 Å². The first kappa shape index (κ1) is 49.1. The van der Waals surface area contributed by atoms with Crippen LogP contribution in [0.3, 0.4) is 0 Å². The number of allylic oxidation sites excluding steroid dienone is 2. The van der Waals surface area contributed by atoms with Crippen LogP contribution in [0.5, 0.6) is 34.5 Å². The van der Waals surface area contributed by atoms with Gasteiger partial charge in [-0.05, 0) is 109 Å². The van der Waals surface area contributed by atoms with E-state index in [0.717, 1.165) is 18.1 Å². The summed E-state index contributed by atoms with van der Waals surface area (Å²) in [6.45, 7) is 8.63. The van der Waals surface area contributed by atoms with Gasteiger partial charge in [-0.25, -0.2) is 9.59 Å². The number of benzene rings is 2. The molecule has 5 unspecified atom stereocenters. The topological polar surface area (TPSA) is 331 Å². The number of hydrogen-bond acceptors (Lipinski definition) is 19. The molecule has 378 valence electrons. The number of phenolic OH excluding ortho intramolecular Hbond substituents is 6. The van der Waals surface area contributed by atoms with Crippen molar-refractivity contribution in [2.75, 3.05) is 19.8 Å². The zero-order valence-electron chi connectivity index (χ0n) is 39.2. The number of carbonyl (C=O) groups excluding carboxylic acids is 3. The molecule has 2 heterocycles. The number of rotatable bonds is 4. The van der Waals surface area contributed by atoms with Crippen molar-refractivity contribution in [3.63, 3.8) is 0 Å². The van der Waals surface area contributed by atoms with E-state index in [2.05, 4.69) is 33.8 Å². The van der Waals surface area contributed by atoms with Gasteiger partial charge in [0.25, 0.3) is 0 Å². The predicted octanol–water partition coefficient (Wildman–Crippen LogP) is 3.21. The lowest BCUT2D eigenvalue weighted by Gasteiger charge is -2.72. The van der Waals surface area contributed by atoms with Gasteiger partial charge in [-0.2, -0.15) is 0 Å². The SMILES string of the molecule is C[C@H]1[C@H](C)CC[C@]2(C(=O)OC3OC(CO)C(O)C(O)C3O)CC[C@]3(C)C(=CC[C@@H]4[C@@]5(C)C[C@@H](O)[C@@H]6OC(=O)c7cc(O)c(O)c(O)c7-c7c(cc(O)c(O)c7O)C(=O)OC[C@]6(CO)[C@@H]5CC[C@]43C)[C@H]12. The van der Waals surface area contributed by atoms with Gasteiger partial charge in [0.2, 0.25) is 17.8 Å². The second kappa shape index (κ2) is 16.6. The summed E-state index contributed by atoms with van der Waals surface area (Å²) in [5, 5.41) is 131. The van der Waals surface area contributed by atoms with E-state index in [1.165, 1.54) is 0 Å². The molecule has 2 aromatic carbocycles. The Kier molecular flexibility index (Phi) is 11.8. The molecular formula is C50H64O19. The Morgan fingerprint density at radius 3 is 2.00 bits per heavy atom. The third kappa shape index (κ3) is 6.66. The molecule has 12 N–H and O–H groups in total. The minimum Gasteiger partial charge on any atom is -0.504 e. The number of aromatic hydroxyl groups is 6. The smallest absolute Gasteiger partial charge is 0.339 e. The van der Waals surface area contributed by atoms with E-state index < -0.39 is 170 Å². The third-order valence-electron chi connectivity index (χ3n) is 19.2. The highest BCUT2D eigenvalue weighted by atomic mass is 16.7. The number of aliphatic hydroxyl groups is 6. The maximum Gasteiger partial charge on any atom is 0.339 e. The molecule has 7 aliphatic rings. The lowest BCUT2D eigenvalue weighted by molar-refractivity contribution is -0.298. The van der Waals surface area contributed by atoms with Crippen LogP contribution in [0, 0.1) is 56.7 Å². The summed E-state index contributed by atoms with van der Waals surface area (Å²) in [6.07, 6.45) is -5.40. The lowest BCUT2D eigenvalue weighted by Crippen LogP contribution is -2.70. The third-order valence-corrected chi connectivity index (χ3v) is 19.2. The summed E-state index contributed by atoms with van der Waals surface area (Å²) in [4.78, 5) is 43.5. The Bertz CT molecular complexity index is 2490. The lowest BCUT2D eigenvalue weighted by atomic mass is 9.33. The first-order chi connectivity index (χ1) is 32.4. The number of fused-ring (bicyclic) bond motifs is 12. The number of ether oxygens (including phenoxy) is 4. The first-order valence-corrected chi connectivity index (χ1v) is 23.8. The highest BCUT2D eigenvalue weighted by molar-refractivity contribution is 6.08. The van der Waals surface area contributed by atoms with Gasteiger partial charge in [-0.15, -0.1) is 0 Å². The molecule has 0 radical (unpaired) electrons. The van der Waals surface area contributed by atoms with Crippen LogP contribution in [0.15, 0.2) is 23.8 Å². The van der Waals surface area contributed by atoms with Crippen molar-refractivity contribution in [2.24, 2.45) is 56.7 Å². The highest BCUT2D eigenvalue weighted by Gasteiger charge is 2.73. The van der Waals surface area contributed by atoms with Crippen molar-refractivity contribution >= 4 is 17.9 Å². The quantitative estimate of drug-likeness (QED) is 0.0906. The number of phenols is 6. The summed E-state index contributed by atoms with van der Waals surface area (Å²) in [7, 11) is 0. The van der Waals surface area contributed by atoms with Crippen LogP contribution in [0.25, 0.3) is 11.1 Å². The molecule has 2 aromatic rings. The van der Waals surface area contributed by atoms with Crippen molar-refractivity contribution in [1.29, 1.82) is 0 Å². The minimum atomic E-state index is -1.77. The maximum absolute atomic E-state index is 14.8. The predicted molar refractivity (Wildman–Crippen MR) is 237 cm³/mol. The van der Waals surface area contributed by atoms with E-state index in [-0.39, 0.29) is 30.1 Å². The molecule has 2 aliphatic heterocycles. The number of hydrogen-bond donors (Lipinski definition) is 12. The van der Waals surface area contributed by atoms with Crippen LogP contribution < -0.4 is 0 Å². The summed E-state index contributed by atoms with van der Waals surface area (Å²) in [5.41, 5.74) is -6.50. The van der Waals surface area contributed by atoms with Crippen LogP contribution >= 0.6 is 0 Å². The second-order valence-electron chi connectivity index (χ2n) is 22.0. The minimum absolute atomic E-state index is 0.0128. The van der Waals surface area contributed by atoms with Crippen molar-refractivity contribution in [1.82, 2.24) is 0 Å². The fourth-order valence-electron chi connectivity index (χ4n) is 15.2. The fourth-order valence-corrected chi connectivity index (χ4v) is 15.2. The Balaban J connectivity index is 1.11. The van der Waals surface area contributed by atoms with E-state index in [1.54, 1.807) is 0 Å². The molecule has 4 saturated carbocycles. The van der Waals surface area contributed by atoms with Crippen molar-refractivity contribution in [3.05, 3.63) is 34.9 Å². The normalized spacial score (nSPS) is 42.7. The first-order valence-electron chi connectivity index (χ1n) is 23.8. The summed E-state index contributed by atoms with van der Waals surface area (Å²) in [6, 6.07) is 1.44. The summed E-state index contributed by atoms with van der Waals surface area (Å²) in [5.74, 6) is -10.8. The average molecular weight is 969 g/mol. The van der Waals surface area contributed by atoms with Crippen LogP contribution in [-0.2, 0) is 23.7 Å². The number of esters is 3. The largest absolute Gasteiger partial charge is 0.504 e. The van der Waals surface area contributed by atoms with Crippen LogP contribution in [0.2, 0.25) is 0 Å². The fraction of sp³-hybridized carbons (Fsp3) is 0.660. The maximum atomic E-state index is 14.8. The van der Waals surface area contributed by atoms with Gasteiger partial charge >= 0.3 is 17.9 Å². The van der Waals surface area contributed by atoms with E-state index in [1.807, 2.05) is 6.92 Å². The Morgan fingerprint density at radius 2 is 1.39 bits per heavy atom. The standard InChI is InChI=1S/C50H64O19/c1-20-8-11-49(45(65)69-44-40(62)39(61)36(58)28(17-51)67-44)13-12-47(4)24(33(49)21(20)2)6-7-29-46(3)16-27(55)41-50(18-52,30(46)9-10-48(29,47)5)19-66-42(63)22-14-25(53)34(56)37(59)31(22)32-23(43(64)68-41)15-26(54)35(57)38(32)60/h6,14-15,20-21,27-30,33,36,39-41,44,51-62H,7-13,16-19H2,1-5H3/t20-,21+,27-,28?,29-,30-,33+,36?,39?,40?,41+,44?,46-,47-,48-,49+,50-/m1/s1. The number of carbonyl (C=O) groups is 3. The van der Waals surface area contributed by atoms with Crippen LogP contribution in [0.1, 0.15) is 107 Å². The van der Waals surface area contributed by atoms with Crippen LogP contribution in [-0.4, -0.2) is 142 Å². The van der Waals surface area contributed by atoms with Gasteiger partial charge in [-0.1, -0.05) is 46.3 Å². The number of cyclic esters (lactones) is 1. The molecule has 0 amide bonds. The Hall–Kier alpha value is -4.89. The number of aliphatic hydroxyl groups excluding tert-OH is 6. The second-order valence-corrected chi connectivity index (χ2v) is 22.0. The van der Waals surface area contributed by atoms with E-state index in [0.29, 0.717) is 44.6 Å².